The second kappa shape index (κ2) is 8.97. The van der Waals surface area contributed by atoms with Gasteiger partial charge in [0.15, 0.2) is 0 Å². The normalized spacial score (nSPS) is 16.0. The Labute approximate surface area is 150 Å². The Bertz CT molecular complexity index is 710. The summed E-state index contributed by atoms with van der Waals surface area (Å²) in [5, 5.41) is 0. The molecule has 0 radical (unpaired) electrons. The highest BCUT2D eigenvalue weighted by Gasteiger charge is 2.26. The van der Waals surface area contributed by atoms with Gasteiger partial charge in [0.05, 0.1) is 4.90 Å². The molecule has 1 aliphatic heterocycles. The van der Waals surface area contributed by atoms with Crippen molar-refractivity contribution in [2.75, 3.05) is 26.2 Å². The van der Waals surface area contributed by atoms with E-state index in [-0.39, 0.29) is 10.8 Å². The number of rotatable bonds is 7. The molecule has 1 aromatic rings. The van der Waals surface area contributed by atoms with Crippen molar-refractivity contribution in [3.63, 3.8) is 0 Å². The van der Waals surface area contributed by atoms with Crippen molar-refractivity contribution in [1.29, 1.82) is 0 Å². The zero-order valence-electron chi connectivity index (χ0n) is 14.6. The van der Waals surface area contributed by atoms with Crippen LogP contribution in [-0.4, -0.2) is 49.7 Å². The summed E-state index contributed by atoms with van der Waals surface area (Å²) >= 11 is 0. The van der Waals surface area contributed by atoms with Crippen LogP contribution in [0.15, 0.2) is 54.5 Å². The molecule has 1 fully saturated rings. The Hall–Kier alpha value is -1.92. The number of hydrogen-bond acceptors (Lipinski definition) is 3. The largest absolute Gasteiger partial charge is 0.331 e. The van der Waals surface area contributed by atoms with Gasteiger partial charge in [0, 0.05) is 31.7 Å². The fourth-order valence-electron chi connectivity index (χ4n) is 2.96. The third-order valence-electron chi connectivity index (χ3n) is 4.27. The molecule has 0 aromatic heterocycles. The Morgan fingerprint density at radius 3 is 2.24 bits per heavy atom. The van der Waals surface area contributed by atoms with E-state index in [2.05, 4.69) is 13.2 Å². The molecule has 1 heterocycles. The lowest BCUT2D eigenvalue weighted by molar-refractivity contribution is 0.0790. The molecular weight excluding hydrogens is 336 g/mol. The highest BCUT2D eigenvalue weighted by molar-refractivity contribution is 7.89. The molecule has 1 aromatic carbocycles. The Kier molecular flexibility index (Phi) is 6.96. The first-order valence-electron chi connectivity index (χ1n) is 8.62. The molecule has 25 heavy (non-hydrogen) atoms. The first kappa shape index (κ1) is 19.4. The van der Waals surface area contributed by atoms with Gasteiger partial charge in [-0.1, -0.05) is 31.1 Å². The zero-order chi connectivity index (χ0) is 18.3. The van der Waals surface area contributed by atoms with Crippen LogP contribution in [0.4, 0.5) is 0 Å². The van der Waals surface area contributed by atoms with E-state index in [4.69, 9.17) is 0 Å². The molecule has 0 unspecified atom stereocenters. The van der Waals surface area contributed by atoms with E-state index in [0.717, 1.165) is 25.7 Å². The lowest BCUT2D eigenvalue weighted by Gasteiger charge is -2.22. The predicted octanol–water partition coefficient (Wildman–Crippen LogP) is 3.07. The van der Waals surface area contributed by atoms with E-state index in [1.807, 2.05) is 0 Å². The number of sulfonamides is 1. The molecule has 2 rings (SSSR count). The maximum absolute atomic E-state index is 12.9. The average molecular weight is 362 g/mol. The van der Waals surface area contributed by atoms with Crippen LogP contribution in [0.25, 0.3) is 0 Å². The fourth-order valence-corrected chi connectivity index (χ4v) is 4.52. The molecule has 1 aliphatic rings. The van der Waals surface area contributed by atoms with Crippen molar-refractivity contribution in [3.05, 3.63) is 55.1 Å². The molecule has 136 valence electrons. The standard InChI is InChI=1S/C19H26N2O3S/c1-3-12-20(13-4-2)19(22)17-10-9-11-18(16-17)25(23,24)21-14-7-5-6-8-15-21/h3-4,9-11,16H,1-2,5-8,12-15H2. The van der Waals surface area contributed by atoms with Crippen LogP contribution in [0.3, 0.4) is 0 Å². The first-order chi connectivity index (χ1) is 12.0. The quantitative estimate of drug-likeness (QED) is 0.701. The van der Waals surface area contributed by atoms with Gasteiger partial charge >= 0.3 is 0 Å². The fraction of sp³-hybridized carbons (Fsp3) is 0.421. The van der Waals surface area contributed by atoms with Crippen LogP contribution >= 0.6 is 0 Å². The summed E-state index contributed by atoms with van der Waals surface area (Å²) in [6.07, 6.45) is 7.15. The number of carbonyl (C=O) groups is 1. The van der Waals surface area contributed by atoms with E-state index in [9.17, 15) is 13.2 Å². The van der Waals surface area contributed by atoms with Crippen molar-refractivity contribution in [3.8, 4) is 0 Å². The Morgan fingerprint density at radius 1 is 1.08 bits per heavy atom. The van der Waals surface area contributed by atoms with Crippen molar-refractivity contribution >= 4 is 15.9 Å². The number of amides is 1. The van der Waals surface area contributed by atoms with Crippen molar-refractivity contribution in [1.82, 2.24) is 9.21 Å². The molecular formula is C19H26N2O3S. The minimum atomic E-state index is -3.57. The van der Waals surface area contributed by atoms with Gasteiger partial charge in [-0.2, -0.15) is 4.31 Å². The van der Waals surface area contributed by atoms with E-state index in [1.54, 1.807) is 35.3 Å². The van der Waals surface area contributed by atoms with Crippen LogP contribution in [0.1, 0.15) is 36.0 Å². The maximum atomic E-state index is 12.9. The summed E-state index contributed by atoms with van der Waals surface area (Å²) in [4.78, 5) is 14.4. The summed E-state index contributed by atoms with van der Waals surface area (Å²) < 4.78 is 27.3. The van der Waals surface area contributed by atoms with Crippen molar-refractivity contribution < 1.29 is 13.2 Å². The maximum Gasteiger partial charge on any atom is 0.254 e. The molecule has 1 amide bonds. The SMILES string of the molecule is C=CCN(CC=C)C(=O)c1cccc(S(=O)(=O)N2CCCCCC2)c1. The molecule has 0 atom stereocenters. The summed E-state index contributed by atoms with van der Waals surface area (Å²) in [6, 6.07) is 6.30. The molecule has 0 saturated carbocycles. The summed E-state index contributed by atoms with van der Waals surface area (Å²) in [5.74, 6) is -0.229. The molecule has 0 aliphatic carbocycles. The van der Waals surface area contributed by atoms with E-state index >= 15 is 0 Å². The predicted molar refractivity (Wildman–Crippen MR) is 100.0 cm³/mol. The minimum absolute atomic E-state index is 0.178. The first-order valence-corrected chi connectivity index (χ1v) is 10.1. The third-order valence-corrected chi connectivity index (χ3v) is 6.16. The molecule has 0 N–H and O–H groups in total. The Morgan fingerprint density at radius 2 is 1.68 bits per heavy atom. The number of carbonyl (C=O) groups excluding carboxylic acids is 1. The number of benzene rings is 1. The lowest BCUT2D eigenvalue weighted by atomic mass is 10.2. The van der Waals surface area contributed by atoms with Gasteiger partial charge in [0.25, 0.3) is 5.91 Å². The van der Waals surface area contributed by atoms with Crippen LogP contribution in [-0.2, 0) is 10.0 Å². The zero-order valence-corrected chi connectivity index (χ0v) is 15.4. The van der Waals surface area contributed by atoms with Gasteiger partial charge in [-0.05, 0) is 31.0 Å². The summed E-state index contributed by atoms with van der Waals surface area (Å²) in [7, 11) is -3.57. The number of nitrogens with zero attached hydrogens (tertiary/aromatic N) is 2. The second-order valence-electron chi connectivity index (χ2n) is 6.13. The van der Waals surface area contributed by atoms with Crippen molar-refractivity contribution in [2.45, 2.75) is 30.6 Å². The molecule has 0 bridgehead atoms. The lowest BCUT2D eigenvalue weighted by Crippen LogP contribution is -2.33. The van der Waals surface area contributed by atoms with Gasteiger partial charge in [0.1, 0.15) is 0 Å². The van der Waals surface area contributed by atoms with Crippen LogP contribution in [0, 0.1) is 0 Å². The van der Waals surface area contributed by atoms with Crippen LogP contribution in [0.5, 0.6) is 0 Å². The van der Waals surface area contributed by atoms with Gasteiger partial charge in [-0.25, -0.2) is 8.42 Å². The molecule has 0 spiro atoms. The molecule has 1 saturated heterocycles. The Balaban J connectivity index is 2.29. The smallest absolute Gasteiger partial charge is 0.254 e. The van der Waals surface area contributed by atoms with E-state index in [0.29, 0.717) is 31.7 Å². The van der Waals surface area contributed by atoms with Crippen LogP contribution < -0.4 is 0 Å². The summed E-state index contributed by atoms with van der Waals surface area (Å²) in [5.41, 5.74) is 0.361. The van der Waals surface area contributed by atoms with E-state index in [1.165, 1.54) is 10.4 Å². The highest BCUT2D eigenvalue weighted by Crippen LogP contribution is 2.21. The second-order valence-corrected chi connectivity index (χ2v) is 8.07. The van der Waals surface area contributed by atoms with Gasteiger partial charge in [-0.3, -0.25) is 4.79 Å². The highest BCUT2D eigenvalue weighted by atomic mass is 32.2. The number of hydrogen-bond donors (Lipinski definition) is 0. The molecule has 6 heteroatoms. The summed E-state index contributed by atoms with van der Waals surface area (Å²) in [6.45, 7) is 9.16. The minimum Gasteiger partial charge on any atom is -0.331 e. The van der Waals surface area contributed by atoms with E-state index < -0.39 is 10.0 Å². The van der Waals surface area contributed by atoms with Crippen LogP contribution in [0.2, 0.25) is 0 Å². The van der Waals surface area contributed by atoms with Crippen molar-refractivity contribution in [2.24, 2.45) is 0 Å². The van der Waals surface area contributed by atoms with Gasteiger partial charge in [-0.15, -0.1) is 13.2 Å². The average Bonchev–Trinajstić information content (AvgIpc) is 2.91. The van der Waals surface area contributed by atoms with Gasteiger partial charge in [0.2, 0.25) is 10.0 Å². The topological polar surface area (TPSA) is 57.7 Å². The molecule has 5 nitrogen and oxygen atoms in total. The van der Waals surface area contributed by atoms with Gasteiger partial charge < -0.3 is 4.90 Å². The third kappa shape index (κ3) is 4.80. The monoisotopic (exact) mass is 362 g/mol.